The van der Waals surface area contributed by atoms with Gasteiger partial charge in [-0.15, -0.1) is 0 Å². The number of aromatic nitrogens is 1. The zero-order valence-electron chi connectivity index (χ0n) is 17.5. The lowest BCUT2D eigenvalue weighted by Crippen LogP contribution is -2.25. The lowest BCUT2D eigenvalue weighted by atomic mass is 9.88. The highest BCUT2D eigenvalue weighted by atomic mass is 19.1. The van der Waals surface area contributed by atoms with Crippen LogP contribution in [0, 0.1) is 5.82 Å². The Morgan fingerprint density at radius 1 is 1.21 bits per heavy atom. The van der Waals surface area contributed by atoms with Crippen molar-refractivity contribution in [3.8, 4) is 17.2 Å². The number of hydrogen-bond donors (Lipinski definition) is 3. The number of carbonyl (C=O) groups excluding carboxylic acids is 2. The highest BCUT2D eigenvalue weighted by Crippen LogP contribution is 2.43. The van der Waals surface area contributed by atoms with Gasteiger partial charge in [0.25, 0.3) is 5.91 Å². The van der Waals surface area contributed by atoms with Crippen LogP contribution < -0.4 is 20.5 Å². The first-order chi connectivity index (χ1) is 15.8. The average Bonchev–Trinajstić information content (AvgIpc) is 3.17. The van der Waals surface area contributed by atoms with Crippen LogP contribution in [0.4, 0.5) is 10.1 Å². The number of rotatable bonds is 7. The number of benzene rings is 2. The normalized spacial score (nSPS) is 14.8. The number of carboxylic acid groups (broad SMARTS) is 1. The summed E-state index contributed by atoms with van der Waals surface area (Å²) >= 11 is 0. The molecule has 1 aliphatic heterocycles. The topological polar surface area (TPSA) is 133 Å². The number of halogens is 1. The molecule has 0 unspecified atom stereocenters. The van der Waals surface area contributed by atoms with Crippen molar-refractivity contribution in [2.45, 2.75) is 12.3 Å². The van der Waals surface area contributed by atoms with Gasteiger partial charge in [-0.1, -0.05) is 6.07 Å². The van der Waals surface area contributed by atoms with Gasteiger partial charge in [0.2, 0.25) is 5.91 Å². The quantitative estimate of drug-likeness (QED) is 0.504. The molecule has 4 N–H and O–H groups in total. The summed E-state index contributed by atoms with van der Waals surface area (Å²) in [6.07, 6.45) is 1.42. The summed E-state index contributed by atoms with van der Waals surface area (Å²) in [5, 5.41) is 12.4. The molecule has 33 heavy (non-hydrogen) atoms. The molecule has 3 aromatic rings. The van der Waals surface area contributed by atoms with Crippen LogP contribution in [0.3, 0.4) is 0 Å². The zero-order valence-corrected chi connectivity index (χ0v) is 17.5. The van der Waals surface area contributed by atoms with Gasteiger partial charge in [-0.3, -0.25) is 9.59 Å². The van der Waals surface area contributed by atoms with Crippen molar-refractivity contribution in [3.05, 3.63) is 71.3 Å². The molecule has 1 aromatic heterocycles. The van der Waals surface area contributed by atoms with Gasteiger partial charge in [-0.05, 0) is 42.0 Å². The van der Waals surface area contributed by atoms with Gasteiger partial charge in [0, 0.05) is 24.2 Å². The van der Waals surface area contributed by atoms with Crippen LogP contribution in [-0.2, 0) is 9.59 Å². The molecule has 2 amide bonds. The number of hydrogen-bond acceptors (Lipinski definition) is 5. The van der Waals surface area contributed by atoms with E-state index in [1.165, 1.54) is 37.6 Å². The molecule has 0 saturated heterocycles. The van der Waals surface area contributed by atoms with E-state index in [0.29, 0.717) is 22.7 Å². The molecule has 0 saturated carbocycles. The van der Waals surface area contributed by atoms with Crippen LogP contribution in [0.25, 0.3) is 5.69 Å². The third kappa shape index (κ3) is 4.22. The SMILES string of the molecule is COc1ccc([C@@H]2CC(=O)Nc3c(C(=O)O)cn(-c4ccc(F)cc4)c32)cc1OCC(N)=O. The van der Waals surface area contributed by atoms with Crippen molar-refractivity contribution in [1.82, 2.24) is 4.57 Å². The maximum atomic E-state index is 13.5. The van der Waals surface area contributed by atoms with Gasteiger partial charge in [0.15, 0.2) is 18.1 Å². The predicted octanol–water partition coefficient (Wildman–Crippen LogP) is 2.66. The Morgan fingerprint density at radius 2 is 1.94 bits per heavy atom. The summed E-state index contributed by atoms with van der Waals surface area (Å²) < 4.78 is 25.9. The van der Waals surface area contributed by atoms with Gasteiger partial charge >= 0.3 is 5.97 Å². The highest BCUT2D eigenvalue weighted by Gasteiger charge is 2.35. The molecule has 1 aliphatic rings. The molecule has 0 aliphatic carbocycles. The van der Waals surface area contributed by atoms with Crippen LogP contribution in [0.15, 0.2) is 48.7 Å². The molecule has 0 radical (unpaired) electrons. The number of carbonyl (C=O) groups is 3. The van der Waals surface area contributed by atoms with Crippen molar-refractivity contribution in [2.75, 3.05) is 19.0 Å². The van der Waals surface area contributed by atoms with Gasteiger partial charge in [-0.2, -0.15) is 0 Å². The van der Waals surface area contributed by atoms with E-state index in [1.54, 1.807) is 22.8 Å². The summed E-state index contributed by atoms with van der Waals surface area (Å²) in [4.78, 5) is 35.6. The molecule has 170 valence electrons. The van der Waals surface area contributed by atoms with E-state index in [0.717, 1.165) is 0 Å². The molecule has 2 heterocycles. The number of carboxylic acids is 1. The number of aromatic carboxylic acids is 1. The third-order valence-corrected chi connectivity index (χ3v) is 5.32. The highest BCUT2D eigenvalue weighted by molar-refractivity contribution is 6.04. The molecule has 0 bridgehead atoms. The number of nitrogens with two attached hydrogens (primary N) is 1. The molecule has 0 fully saturated rings. The molecular weight excluding hydrogens is 433 g/mol. The second-order valence-corrected chi connectivity index (χ2v) is 7.42. The van der Waals surface area contributed by atoms with E-state index in [1.807, 2.05) is 0 Å². The minimum Gasteiger partial charge on any atom is -0.493 e. The summed E-state index contributed by atoms with van der Waals surface area (Å²) in [7, 11) is 1.44. The van der Waals surface area contributed by atoms with E-state index in [-0.39, 0.29) is 35.9 Å². The first-order valence-corrected chi connectivity index (χ1v) is 9.92. The second-order valence-electron chi connectivity index (χ2n) is 7.42. The fourth-order valence-electron chi connectivity index (χ4n) is 3.89. The summed E-state index contributed by atoms with van der Waals surface area (Å²) in [5.41, 5.74) is 6.93. The molecule has 4 rings (SSSR count). The maximum absolute atomic E-state index is 13.5. The van der Waals surface area contributed by atoms with Crippen LogP contribution in [0.5, 0.6) is 11.5 Å². The number of amides is 2. The largest absolute Gasteiger partial charge is 0.493 e. The number of methoxy groups -OCH3 is 1. The smallest absolute Gasteiger partial charge is 0.339 e. The predicted molar refractivity (Wildman–Crippen MR) is 115 cm³/mol. The number of anilines is 1. The molecular formula is C23H20FN3O6. The Morgan fingerprint density at radius 3 is 2.58 bits per heavy atom. The van der Waals surface area contributed by atoms with E-state index in [9.17, 15) is 23.9 Å². The van der Waals surface area contributed by atoms with E-state index >= 15 is 0 Å². The minimum absolute atomic E-state index is 0.0266. The van der Waals surface area contributed by atoms with Crippen molar-refractivity contribution >= 4 is 23.5 Å². The number of nitrogens with zero attached hydrogens (tertiary/aromatic N) is 1. The lowest BCUT2D eigenvalue weighted by Gasteiger charge is -2.27. The zero-order chi connectivity index (χ0) is 23.7. The van der Waals surface area contributed by atoms with E-state index in [4.69, 9.17) is 15.2 Å². The number of fused-ring (bicyclic) bond motifs is 1. The van der Waals surface area contributed by atoms with Gasteiger partial charge in [0.1, 0.15) is 11.4 Å². The Bertz CT molecular complexity index is 1250. The summed E-state index contributed by atoms with van der Waals surface area (Å²) in [6.45, 7) is -0.370. The lowest BCUT2D eigenvalue weighted by molar-refractivity contribution is -0.120. The van der Waals surface area contributed by atoms with Gasteiger partial charge < -0.3 is 30.2 Å². The number of primary amides is 1. The van der Waals surface area contributed by atoms with E-state index in [2.05, 4.69) is 5.32 Å². The van der Waals surface area contributed by atoms with Crippen molar-refractivity contribution in [2.24, 2.45) is 5.73 Å². The van der Waals surface area contributed by atoms with Crippen LogP contribution >= 0.6 is 0 Å². The average molecular weight is 453 g/mol. The monoisotopic (exact) mass is 453 g/mol. The molecule has 10 heteroatoms. The summed E-state index contributed by atoms with van der Waals surface area (Å²) in [6, 6.07) is 10.5. The number of ether oxygens (including phenoxy) is 2. The van der Waals surface area contributed by atoms with Crippen molar-refractivity contribution in [1.29, 1.82) is 0 Å². The van der Waals surface area contributed by atoms with Crippen molar-refractivity contribution < 1.29 is 33.4 Å². The Hall–Kier alpha value is -4.34. The van der Waals surface area contributed by atoms with E-state index < -0.39 is 23.6 Å². The minimum atomic E-state index is -1.21. The fraction of sp³-hybridized carbons (Fsp3) is 0.174. The van der Waals surface area contributed by atoms with Crippen LogP contribution in [-0.4, -0.2) is 41.2 Å². The van der Waals surface area contributed by atoms with Crippen LogP contribution in [0.2, 0.25) is 0 Å². The summed E-state index contributed by atoms with van der Waals surface area (Å²) in [5.74, 6) is -2.63. The Balaban J connectivity index is 1.88. The van der Waals surface area contributed by atoms with Crippen LogP contribution in [0.1, 0.15) is 34.0 Å². The maximum Gasteiger partial charge on any atom is 0.339 e. The third-order valence-electron chi connectivity index (χ3n) is 5.32. The fourth-order valence-corrected chi connectivity index (χ4v) is 3.89. The molecule has 1 atom stereocenters. The Labute approximate surface area is 187 Å². The Kier molecular flexibility index (Phi) is 5.74. The first-order valence-electron chi connectivity index (χ1n) is 9.92. The second kappa shape index (κ2) is 8.65. The first kappa shape index (κ1) is 21.9. The van der Waals surface area contributed by atoms with Gasteiger partial charge in [0.05, 0.1) is 18.5 Å². The standard InChI is InChI=1S/C23H20FN3O6/c1-32-17-7-2-12(8-18(17)33-11-19(25)28)15-9-20(29)26-21-16(23(30)31)10-27(22(15)21)14-5-3-13(24)4-6-14/h2-8,10,15H,9,11H2,1H3,(H2,25,28)(H,26,29)(H,30,31)/t15-/m0/s1. The van der Waals surface area contributed by atoms with Crippen molar-refractivity contribution in [3.63, 3.8) is 0 Å². The van der Waals surface area contributed by atoms with Gasteiger partial charge in [-0.25, -0.2) is 9.18 Å². The molecule has 0 spiro atoms. The number of nitrogens with one attached hydrogen (secondary N) is 1. The molecule has 9 nitrogen and oxygen atoms in total. The molecule has 2 aromatic carbocycles.